The Morgan fingerprint density at radius 1 is 1.40 bits per heavy atom. The molecule has 80 valence electrons. The third-order valence-corrected chi connectivity index (χ3v) is 2.48. The Bertz CT molecular complexity index is 372. The Morgan fingerprint density at radius 2 is 2.20 bits per heavy atom. The normalized spacial score (nSPS) is 18.8. The number of nitrogens with two attached hydrogens (primary N) is 2. The summed E-state index contributed by atoms with van der Waals surface area (Å²) in [7, 11) is 0. The van der Waals surface area contributed by atoms with Crippen LogP contribution in [0.3, 0.4) is 0 Å². The summed E-state index contributed by atoms with van der Waals surface area (Å²) in [5.74, 6) is 1.08. The smallest absolute Gasteiger partial charge is 0.186 e. The fraction of sp³-hybridized carbons (Fsp3) is 0.364. The van der Waals surface area contributed by atoms with E-state index in [1.54, 1.807) is 0 Å². The van der Waals surface area contributed by atoms with Gasteiger partial charge in [-0.2, -0.15) is 0 Å². The van der Waals surface area contributed by atoms with Gasteiger partial charge in [0.15, 0.2) is 5.96 Å². The van der Waals surface area contributed by atoms with E-state index in [1.807, 2.05) is 18.2 Å². The van der Waals surface area contributed by atoms with Gasteiger partial charge in [-0.15, -0.1) is 0 Å². The highest BCUT2D eigenvalue weighted by Crippen LogP contribution is 2.26. The second-order valence-corrected chi connectivity index (χ2v) is 3.65. The van der Waals surface area contributed by atoms with E-state index in [2.05, 4.69) is 11.1 Å². The standard InChI is InChI=1S/C11H15N3O/c12-11(13)14-7-9-6-5-8-3-1-2-4-10(8)15-9/h1-4,9H,5-7H2,(H4,12,13,14). The molecule has 0 aromatic heterocycles. The number of fused-ring (bicyclic) bond motifs is 1. The average molecular weight is 205 g/mol. The summed E-state index contributed by atoms with van der Waals surface area (Å²) in [6.45, 7) is 0.538. The summed E-state index contributed by atoms with van der Waals surface area (Å²) in [5.41, 5.74) is 11.8. The molecular weight excluding hydrogens is 190 g/mol. The highest BCUT2D eigenvalue weighted by atomic mass is 16.5. The lowest BCUT2D eigenvalue weighted by atomic mass is 10.0. The molecule has 0 bridgehead atoms. The second-order valence-electron chi connectivity index (χ2n) is 3.65. The van der Waals surface area contributed by atoms with Crippen LogP contribution in [0.1, 0.15) is 12.0 Å². The molecule has 1 heterocycles. The van der Waals surface area contributed by atoms with E-state index in [0.29, 0.717) is 6.54 Å². The van der Waals surface area contributed by atoms with Gasteiger partial charge in [-0.3, -0.25) is 0 Å². The van der Waals surface area contributed by atoms with Gasteiger partial charge in [-0.25, -0.2) is 4.99 Å². The minimum atomic E-state index is 0.0991. The van der Waals surface area contributed by atoms with Gasteiger partial charge in [0.25, 0.3) is 0 Å². The van der Waals surface area contributed by atoms with Crippen LogP contribution in [0.2, 0.25) is 0 Å². The van der Waals surface area contributed by atoms with Crippen LogP contribution >= 0.6 is 0 Å². The predicted octanol–water partition coefficient (Wildman–Crippen LogP) is 0.654. The van der Waals surface area contributed by atoms with Crippen LogP contribution in [-0.2, 0) is 6.42 Å². The number of para-hydroxylation sites is 1. The lowest BCUT2D eigenvalue weighted by Gasteiger charge is -2.24. The fourth-order valence-corrected chi connectivity index (χ4v) is 1.72. The Balaban J connectivity index is 2.03. The first kappa shape index (κ1) is 9.83. The molecule has 1 aliphatic heterocycles. The van der Waals surface area contributed by atoms with Crippen LogP contribution in [0.25, 0.3) is 0 Å². The molecule has 1 aromatic rings. The molecule has 1 aromatic carbocycles. The van der Waals surface area contributed by atoms with Crippen molar-refractivity contribution in [1.29, 1.82) is 0 Å². The fourth-order valence-electron chi connectivity index (χ4n) is 1.72. The first-order valence-corrected chi connectivity index (χ1v) is 5.05. The number of aryl methyl sites for hydroxylation is 1. The monoisotopic (exact) mass is 205 g/mol. The first-order chi connectivity index (χ1) is 7.25. The van der Waals surface area contributed by atoms with Gasteiger partial charge in [0.05, 0.1) is 6.54 Å². The minimum Gasteiger partial charge on any atom is -0.488 e. The number of hydrogen-bond donors (Lipinski definition) is 2. The maximum absolute atomic E-state index is 5.76. The maximum Gasteiger partial charge on any atom is 0.186 e. The van der Waals surface area contributed by atoms with Crippen LogP contribution in [0.15, 0.2) is 29.3 Å². The Kier molecular flexibility index (Phi) is 2.76. The summed E-state index contributed by atoms with van der Waals surface area (Å²) >= 11 is 0. The first-order valence-electron chi connectivity index (χ1n) is 5.05. The van der Waals surface area contributed by atoms with Crippen LogP contribution in [0, 0.1) is 0 Å². The summed E-state index contributed by atoms with van der Waals surface area (Å²) in [4.78, 5) is 3.97. The number of benzene rings is 1. The summed E-state index contributed by atoms with van der Waals surface area (Å²) < 4.78 is 5.76. The van der Waals surface area contributed by atoms with Crippen LogP contribution in [0.5, 0.6) is 5.75 Å². The number of rotatable bonds is 2. The van der Waals surface area contributed by atoms with E-state index < -0.39 is 0 Å². The highest BCUT2D eigenvalue weighted by molar-refractivity contribution is 5.75. The van der Waals surface area contributed by atoms with E-state index in [0.717, 1.165) is 18.6 Å². The van der Waals surface area contributed by atoms with Gasteiger partial charge in [-0.1, -0.05) is 18.2 Å². The van der Waals surface area contributed by atoms with Gasteiger partial charge in [0, 0.05) is 0 Å². The quantitative estimate of drug-likeness (QED) is 0.550. The number of guanidine groups is 1. The van der Waals surface area contributed by atoms with Crippen LogP contribution in [-0.4, -0.2) is 18.6 Å². The van der Waals surface area contributed by atoms with Crippen molar-refractivity contribution in [3.05, 3.63) is 29.8 Å². The second kappa shape index (κ2) is 4.21. The molecule has 1 unspecified atom stereocenters. The van der Waals surface area contributed by atoms with Crippen molar-refractivity contribution in [3.8, 4) is 5.75 Å². The highest BCUT2D eigenvalue weighted by Gasteiger charge is 2.18. The Hall–Kier alpha value is -1.71. The minimum absolute atomic E-state index is 0.0991. The van der Waals surface area contributed by atoms with E-state index in [-0.39, 0.29) is 12.1 Å². The zero-order chi connectivity index (χ0) is 10.7. The lowest BCUT2D eigenvalue weighted by molar-refractivity contribution is 0.182. The molecular formula is C11H15N3O. The number of aliphatic imine (C=N–C) groups is 1. The molecule has 4 heteroatoms. The molecule has 0 aliphatic carbocycles. The van der Waals surface area contributed by atoms with Crippen molar-refractivity contribution in [1.82, 2.24) is 0 Å². The van der Waals surface area contributed by atoms with Crippen molar-refractivity contribution in [2.24, 2.45) is 16.5 Å². The third kappa shape index (κ3) is 2.40. The molecule has 0 fully saturated rings. The number of nitrogens with zero attached hydrogens (tertiary/aromatic N) is 1. The van der Waals surface area contributed by atoms with Crippen molar-refractivity contribution in [2.75, 3.05) is 6.54 Å². The van der Waals surface area contributed by atoms with E-state index in [4.69, 9.17) is 16.2 Å². The predicted molar refractivity (Wildman–Crippen MR) is 59.9 cm³/mol. The molecule has 0 saturated heterocycles. The van der Waals surface area contributed by atoms with Gasteiger partial charge < -0.3 is 16.2 Å². The summed E-state index contributed by atoms with van der Waals surface area (Å²) in [6.07, 6.45) is 2.09. The molecule has 0 saturated carbocycles. The largest absolute Gasteiger partial charge is 0.488 e. The van der Waals surface area contributed by atoms with Crippen LogP contribution < -0.4 is 16.2 Å². The summed E-state index contributed by atoms with van der Waals surface area (Å²) in [6, 6.07) is 8.07. The van der Waals surface area contributed by atoms with E-state index in [1.165, 1.54) is 5.56 Å². The molecule has 0 amide bonds. The molecule has 1 aliphatic rings. The van der Waals surface area contributed by atoms with E-state index >= 15 is 0 Å². The zero-order valence-electron chi connectivity index (χ0n) is 8.52. The summed E-state index contributed by atoms with van der Waals surface area (Å²) in [5, 5.41) is 0. The van der Waals surface area contributed by atoms with Gasteiger partial charge in [0.2, 0.25) is 0 Å². The molecule has 0 spiro atoms. The van der Waals surface area contributed by atoms with Crippen LogP contribution in [0.4, 0.5) is 0 Å². The molecule has 4 N–H and O–H groups in total. The number of ether oxygens (including phenoxy) is 1. The lowest BCUT2D eigenvalue weighted by Crippen LogP contribution is -2.29. The van der Waals surface area contributed by atoms with Crippen molar-refractivity contribution in [2.45, 2.75) is 18.9 Å². The van der Waals surface area contributed by atoms with E-state index in [9.17, 15) is 0 Å². The van der Waals surface area contributed by atoms with Crippen molar-refractivity contribution >= 4 is 5.96 Å². The maximum atomic E-state index is 5.76. The Labute approximate surface area is 88.9 Å². The van der Waals surface area contributed by atoms with Gasteiger partial charge in [0.1, 0.15) is 11.9 Å². The van der Waals surface area contributed by atoms with Crippen molar-refractivity contribution < 1.29 is 4.74 Å². The molecule has 0 radical (unpaired) electrons. The Morgan fingerprint density at radius 3 is 3.00 bits per heavy atom. The van der Waals surface area contributed by atoms with Crippen molar-refractivity contribution in [3.63, 3.8) is 0 Å². The molecule has 2 rings (SSSR count). The molecule has 4 nitrogen and oxygen atoms in total. The third-order valence-electron chi connectivity index (χ3n) is 2.48. The average Bonchev–Trinajstić information content (AvgIpc) is 2.26. The topological polar surface area (TPSA) is 73.6 Å². The van der Waals surface area contributed by atoms with Gasteiger partial charge in [-0.05, 0) is 24.5 Å². The molecule has 15 heavy (non-hydrogen) atoms. The zero-order valence-corrected chi connectivity index (χ0v) is 8.52. The number of hydrogen-bond acceptors (Lipinski definition) is 2. The van der Waals surface area contributed by atoms with Gasteiger partial charge >= 0.3 is 0 Å². The molecule has 1 atom stereocenters. The SMILES string of the molecule is NC(N)=NCC1CCc2ccccc2O1.